The summed E-state index contributed by atoms with van der Waals surface area (Å²) in [7, 11) is 0. The number of carboxylic acid groups (broad SMARTS) is 1. The van der Waals surface area contributed by atoms with E-state index in [1.54, 1.807) is 33.1 Å². The first-order valence-corrected chi connectivity index (χ1v) is 6.24. The van der Waals surface area contributed by atoms with Gasteiger partial charge in [0, 0.05) is 11.3 Å². The number of carbonyl (C=O) groups is 1. The molecule has 0 aromatic rings. The first kappa shape index (κ1) is 15.1. The first-order chi connectivity index (χ1) is 7.25. The summed E-state index contributed by atoms with van der Waals surface area (Å²) in [4.78, 5) is 12.3. The van der Waals surface area contributed by atoms with Gasteiger partial charge in [0.05, 0.1) is 12.1 Å². The van der Waals surface area contributed by atoms with Gasteiger partial charge in [0.25, 0.3) is 0 Å². The molecule has 0 saturated carbocycles. The summed E-state index contributed by atoms with van der Waals surface area (Å²) in [6.07, 6.45) is -0.622. The van der Waals surface area contributed by atoms with Crippen LogP contribution in [0.1, 0.15) is 20.8 Å². The molecular formula is C10H18N2O3S. The van der Waals surface area contributed by atoms with E-state index < -0.39 is 23.8 Å². The van der Waals surface area contributed by atoms with Crippen molar-refractivity contribution in [2.24, 2.45) is 0 Å². The van der Waals surface area contributed by atoms with E-state index >= 15 is 0 Å². The topological polar surface area (TPSA) is 84.6 Å². The van der Waals surface area contributed by atoms with Crippen molar-refractivity contribution in [2.75, 3.05) is 12.0 Å². The highest BCUT2D eigenvalue weighted by atomic mass is 32.2. The zero-order valence-corrected chi connectivity index (χ0v) is 10.8. The molecule has 2 atom stereocenters. The van der Waals surface area contributed by atoms with Crippen LogP contribution in [-0.4, -0.2) is 50.9 Å². The molecule has 0 radical (unpaired) electrons. The van der Waals surface area contributed by atoms with Crippen molar-refractivity contribution in [3.8, 4) is 6.07 Å². The Morgan fingerprint density at radius 1 is 1.56 bits per heavy atom. The largest absolute Gasteiger partial charge is 0.465 e. The van der Waals surface area contributed by atoms with Gasteiger partial charge < -0.3 is 10.2 Å². The molecule has 0 heterocycles. The molecule has 6 heteroatoms. The maximum absolute atomic E-state index is 11.2. The third kappa shape index (κ3) is 3.91. The molecule has 0 aliphatic carbocycles. The van der Waals surface area contributed by atoms with Crippen LogP contribution < -0.4 is 0 Å². The van der Waals surface area contributed by atoms with Crippen LogP contribution in [0.2, 0.25) is 0 Å². The lowest BCUT2D eigenvalue weighted by molar-refractivity contribution is 0.0360. The minimum absolute atomic E-state index is 0.387. The van der Waals surface area contributed by atoms with Crippen molar-refractivity contribution in [2.45, 2.75) is 38.5 Å². The zero-order chi connectivity index (χ0) is 12.9. The van der Waals surface area contributed by atoms with Gasteiger partial charge in [0.15, 0.2) is 6.10 Å². The second-order valence-electron chi connectivity index (χ2n) is 4.42. The van der Waals surface area contributed by atoms with Crippen LogP contribution in [-0.2, 0) is 0 Å². The van der Waals surface area contributed by atoms with Crippen LogP contribution in [0.25, 0.3) is 0 Å². The summed E-state index contributed by atoms with van der Waals surface area (Å²) in [5, 5.41) is 27.4. The highest BCUT2D eigenvalue weighted by Gasteiger charge is 2.36. The van der Waals surface area contributed by atoms with E-state index in [9.17, 15) is 9.90 Å². The standard InChI is InChI=1S/C10H18N2O3S/c1-10(2,3)12(9(14)15)7(6-16-4)8(13)5-11/h7-8,13H,6H2,1-4H3,(H,14,15)/t7-,8?/m0/s1. The third-order valence-electron chi connectivity index (χ3n) is 2.09. The van der Waals surface area contributed by atoms with Crippen LogP contribution in [0, 0.1) is 11.3 Å². The van der Waals surface area contributed by atoms with Crippen LogP contribution in [0.4, 0.5) is 4.79 Å². The molecule has 92 valence electrons. The summed E-state index contributed by atoms with van der Waals surface area (Å²) in [6, 6.07) is 0.984. The van der Waals surface area contributed by atoms with Crippen molar-refractivity contribution in [1.29, 1.82) is 5.26 Å². The molecular weight excluding hydrogens is 228 g/mol. The van der Waals surface area contributed by atoms with Gasteiger partial charge in [0.2, 0.25) is 0 Å². The number of hydrogen-bond donors (Lipinski definition) is 2. The highest BCUT2D eigenvalue weighted by molar-refractivity contribution is 7.98. The van der Waals surface area contributed by atoms with Crippen molar-refractivity contribution < 1.29 is 15.0 Å². The Balaban J connectivity index is 5.12. The Kier molecular flexibility index (Phi) is 5.62. The minimum atomic E-state index is -1.30. The SMILES string of the molecule is CSC[C@@H](C(O)C#N)N(C(=O)O)C(C)(C)C. The van der Waals surface area contributed by atoms with E-state index in [-0.39, 0.29) is 0 Å². The third-order valence-corrected chi connectivity index (χ3v) is 2.77. The van der Waals surface area contributed by atoms with Gasteiger partial charge in [-0.25, -0.2) is 4.79 Å². The lowest BCUT2D eigenvalue weighted by Crippen LogP contribution is -2.56. The maximum Gasteiger partial charge on any atom is 0.408 e. The fraction of sp³-hybridized carbons (Fsp3) is 0.800. The summed E-state index contributed by atoms with van der Waals surface area (Å²) >= 11 is 1.40. The van der Waals surface area contributed by atoms with E-state index in [0.29, 0.717) is 5.75 Å². The molecule has 0 aliphatic rings. The lowest BCUT2D eigenvalue weighted by Gasteiger charge is -2.39. The summed E-state index contributed by atoms with van der Waals surface area (Å²) in [6.45, 7) is 5.20. The van der Waals surface area contributed by atoms with Gasteiger partial charge in [-0.05, 0) is 27.0 Å². The Morgan fingerprint density at radius 2 is 2.06 bits per heavy atom. The van der Waals surface area contributed by atoms with Gasteiger partial charge in [0.1, 0.15) is 0 Å². The summed E-state index contributed by atoms with van der Waals surface area (Å²) in [5.41, 5.74) is -0.649. The van der Waals surface area contributed by atoms with Gasteiger partial charge in [-0.15, -0.1) is 0 Å². The molecule has 0 fully saturated rings. The Morgan fingerprint density at radius 3 is 2.31 bits per heavy atom. The van der Waals surface area contributed by atoms with Gasteiger partial charge in [-0.2, -0.15) is 17.0 Å². The van der Waals surface area contributed by atoms with E-state index in [4.69, 9.17) is 10.4 Å². The second-order valence-corrected chi connectivity index (χ2v) is 5.33. The van der Waals surface area contributed by atoms with Crippen LogP contribution >= 0.6 is 11.8 Å². The molecule has 1 amide bonds. The van der Waals surface area contributed by atoms with E-state index in [1.807, 2.05) is 0 Å². The van der Waals surface area contributed by atoms with E-state index in [0.717, 1.165) is 4.90 Å². The normalized spacial score (nSPS) is 15.0. The summed E-state index contributed by atoms with van der Waals surface area (Å²) in [5.74, 6) is 0.387. The molecule has 0 saturated heterocycles. The predicted molar refractivity (Wildman–Crippen MR) is 63.4 cm³/mol. The fourth-order valence-corrected chi connectivity index (χ4v) is 2.16. The Labute approximate surface area is 100 Å². The monoisotopic (exact) mass is 246 g/mol. The molecule has 0 aromatic heterocycles. The van der Waals surface area contributed by atoms with Crippen molar-refractivity contribution >= 4 is 17.9 Å². The molecule has 0 spiro atoms. The molecule has 0 rings (SSSR count). The molecule has 1 unspecified atom stereocenters. The number of thioether (sulfide) groups is 1. The molecule has 0 bridgehead atoms. The number of amides is 1. The highest BCUT2D eigenvalue weighted by Crippen LogP contribution is 2.21. The van der Waals surface area contributed by atoms with Crippen LogP contribution in [0.15, 0.2) is 0 Å². The van der Waals surface area contributed by atoms with Gasteiger partial charge in [-0.1, -0.05) is 0 Å². The smallest absolute Gasteiger partial charge is 0.408 e. The molecule has 5 nitrogen and oxygen atoms in total. The average Bonchev–Trinajstić information content (AvgIpc) is 2.13. The maximum atomic E-state index is 11.2. The van der Waals surface area contributed by atoms with Gasteiger partial charge >= 0.3 is 6.09 Å². The number of nitrogens with zero attached hydrogens (tertiary/aromatic N) is 2. The minimum Gasteiger partial charge on any atom is -0.465 e. The lowest BCUT2D eigenvalue weighted by atomic mass is 10.0. The molecule has 0 aliphatic heterocycles. The average molecular weight is 246 g/mol. The molecule has 16 heavy (non-hydrogen) atoms. The zero-order valence-electron chi connectivity index (χ0n) is 9.97. The Hall–Kier alpha value is -0.930. The number of rotatable bonds is 4. The number of nitriles is 1. The fourth-order valence-electron chi connectivity index (χ4n) is 1.49. The summed E-state index contributed by atoms with van der Waals surface area (Å²) < 4.78 is 0. The van der Waals surface area contributed by atoms with E-state index in [1.165, 1.54) is 11.8 Å². The number of hydrogen-bond acceptors (Lipinski definition) is 4. The van der Waals surface area contributed by atoms with Crippen LogP contribution in [0.3, 0.4) is 0 Å². The number of aliphatic hydroxyl groups excluding tert-OH is 1. The Bertz CT molecular complexity index is 283. The van der Waals surface area contributed by atoms with Gasteiger partial charge in [-0.3, -0.25) is 4.90 Å². The van der Waals surface area contributed by atoms with Crippen LogP contribution in [0.5, 0.6) is 0 Å². The first-order valence-electron chi connectivity index (χ1n) is 4.84. The quantitative estimate of drug-likeness (QED) is 0.732. The molecule has 0 aromatic carbocycles. The number of aliphatic hydroxyl groups is 1. The second kappa shape index (κ2) is 5.97. The van der Waals surface area contributed by atoms with E-state index in [2.05, 4.69) is 0 Å². The van der Waals surface area contributed by atoms with Crippen molar-refractivity contribution in [3.63, 3.8) is 0 Å². The van der Waals surface area contributed by atoms with Crippen molar-refractivity contribution in [3.05, 3.63) is 0 Å². The predicted octanol–water partition coefficient (Wildman–Crippen LogP) is 1.38. The van der Waals surface area contributed by atoms with Crippen molar-refractivity contribution in [1.82, 2.24) is 4.90 Å². The molecule has 2 N–H and O–H groups in total.